The molecule has 4 heteroatoms. The Kier molecular flexibility index (Phi) is 60.8. The number of hydrogen-bond donors (Lipinski definition) is 3. The van der Waals surface area contributed by atoms with Crippen molar-refractivity contribution in [3.05, 3.63) is 109 Å². The van der Waals surface area contributed by atoms with Crippen molar-refractivity contribution < 1.29 is 15.0 Å². The number of hydrogen-bond acceptors (Lipinski definition) is 3. The molecule has 73 heavy (non-hydrogen) atoms. The van der Waals surface area contributed by atoms with Gasteiger partial charge in [-0.2, -0.15) is 0 Å². The maximum Gasteiger partial charge on any atom is 0.220 e. The van der Waals surface area contributed by atoms with Gasteiger partial charge in [0.25, 0.3) is 0 Å². The summed E-state index contributed by atoms with van der Waals surface area (Å²) in [5, 5.41) is 23.2. The second kappa shape index (κ2) is 63.3. The molecule has 0 aliphatic rings. The molecule has 0 aromatic carbocycles. The van der Waals surface area contributed by atoms with Gasteiger partial charge in [-0.25, -0.2) is 0 Å². The monoisotopic (exact) mass is 1010 g/mol. The Morgan fingerprint density at radius 3 is 0.959 bits per heavy atom. The number of allylic oxidation sites excluding steroid dienone is 17. The lowest BCUT2D eigenvalue weighted by atomic mass is 10.0. The van der Waals surface area contributed by atoms with Gasteiger partial charge in [-0.1, -0.05) is 309 Å². The zero-order chi connectivity index (χ0) is 52.7. The molecule has 4 nitrogen and oxygen atoms in total. The molecule has 420 valence electrons. The first-order valence-electron chi connectivity index (χ1n) is 31.6. The maximum atomic E-state index is 12.5. The van der Waals surface area contributed by atoms with Crippen LogP contribution >= 0.6 is 0 Å². The number of carbonyl (C=O) groups is 1. The molecular formula is C69H121NO3. The van der Waals surface area contributed by atoms with Crippen LogP contribution in [0.2, 0.25) is 0 Å². The van der Waals surface area contributed by atoms with Crippen molar-refractivity contribution in [2.24, 2.45) is 0 Å². The smallest absolute Gasteiger partial charge is 0.220 e. The molecule has 2 atom stereocenters. The first-order valence-corrected chi connectivity index (χ1v) is 31.6. The lowest BCUT2D eigenvalue weighted by Crippen LogP contribution is -2.45. The van der Waals surface area contributed by atoms with E-state index >= 15 is 0 Å². The summed E-state index contributed by atoms with van der Waals surface area (Å²) in [6, 6.07) is -0.654. The first kappa shape index (κ1) is 70.1. The first-order chi connectivity index (χ1) is 36.2. The van der Waals surface area contributed by atoms with Gasteiger partial charge in [0.05, 0.1) is 18.8 Å². The molecule has 0 radical (unpaired) electrons. The van der Waals surface area contributed by atoms with Gasteiger partial charge in [0, 0.05) is 6.42 Å². The van der Waals surface area contributed by atoms with E-state index in [9.17, 15) is 15.0 Å². The fraction of sp³-hybridized carbons (Fsp3) is 0.725. The highest BCUT2D eigenvalue weighted by molar-refractivity contribution is 5.76. The van der Waals surface area contributed by atoms with Crippen molar-refractivity contribution in [1.82, 2.24) is 5.32 Å². The molecule has 0 aliphatic heterocycles. The molecular weight excluding hydrogens is 891 g/mol. The minimum atomic E-state index is -0.878. The molecule has 0 saturated heterocycles. The maximum absolute atomic E-state index is 12.5. The van der Waals surface area contributed by atoms with Crippen LogP contribution in [0.15, 0.2) is 109 Å². The number of carbonyl (C=O) groups excluding carboxylic acids is 1. The minimum absolute atomic E-state index is 0.0798. The molecule has 0 rings (SSSR count). The van der Waals surface area contributed by atoms with Gasteiger partial charge in [0.2, 0.25) is 5.91 Å². The van der Waals surface area contributed by atoms with Crippen molar-refractivity contribution in [1.29, 1.82) is 0 Å². The highest BCUT2D eigenvalue weighted by atomic mass is 16.3. The van der Waals surface area contributed by atoms with Crippen LogP contribution < -0.4 is 5.32 Å². The molecule has 0 aliphatic carbocycles. The van der Waals surface area contributed by atoms with Crippen LogP contribution in [0, 0.1) is 0 Å². The van der Waals surface area contributed by atoms with E-state index in [-0.39, 0.29) is 12.5 Å². The fourth-order valence-electron chi connectivity index (χ4n) is 9.22. The van der Waals surface area contributed by atoms with Crippen molar-refractivity contribution in [3.8, 4) is 0 Å². The summed E-state index contributed by atoms with van der Waals surface area (Å²) in [6.45, 7) is 4.20. The Bertz CT molecular complexity index is 1380. The van der Waals surface area contributed by atoms with Gasteiger partial charge in [0.1, 0.15) is 0 Å². The molecule has 2 unspecified atom stereocenters. The Morgan fingerprint density at radius 1 is 0.342 bits per heavy atom. The molecule has 0 aromatic rings. The van der Waals surface area contributed by atoms with Crippen LogP contribution in [0.25, 0.3) is 0 Å². The van der Waals surface area contributed by atoms with Gasteiger partial charge >= 0.3 is 0 Å². The summed E-state index contributed by atoms with van der Waals surface area (Å²) in [5.41, 5.74) is 0. The van der Waals surface area contributed by atoms with E-state index in [1.165, 1.54) is 205 Å². The highest BCUT2D eigenvalue weighted by Gasteiger charge is 2.18. The summed E-state index contributed by atoms with van der Waals surface area (Å²) in [7, 11) is 0. The second-order valence-electron chi connectivity index (χ2n) is 21.1. The predicted octanol–water partition coefficient (Wildman–Crippen LogP) is 21.4. The van der Waals surface area contributed by atoms with E-state index in [0.29, 0.717) is 6.42 Å². The summed E-state index contributed by atoms with van der Waals surface area (Å²) in [4.78, 5) is 12.5. The quantitative estimate of drug-likeness (QED) is 0.0420. The SMILES string of the molecule is CC/C=C\C/C=C\C/C=C\C/C=C\C/C=C\C/C=C\CCCCCCCCCCCCCCCCC(=O)NC(CO)C(O)/C=C/CC/C=C/CC/C=C/CCCCCCCCCCCCCCCCCCCC. The van der Waals surface area contributed by atoms with Crippen molar-refractivity contribution in [2.75, 3.05) is 6.61 Å². The van der Waals surface area contributed by atoms with Gasteiger partial charge in [-0.15, -0.1) is 0 Å². The average molecular weight is 1010 g/mol. The molecule has 3 N–H and O–H groups in total. The van der Waals surface area contributed by atoms with Crippen LogP contribution in [0.4, 0.5) is 0 Å². The minimum Gasteiger partial charge on any atom is -0.394 e. The van der Waals surface area contributed by atoms with E-state index in [2.05, 4.69) is 116 Å². The summed E-state index contributed by atoms with van der Waals surface area (Å²) >= 11 is 0. The average Bonchev–Trinajstić information content (AvgIpc) is 3.40. The van der Waals surface area contributed by atoms with Crippen molar-refractivity contribution in [3.63, 3.8) is 0 Å². The highest BCUT2D eigenvalue weighted by Crippen LogP contribution is 2.17. The fourth-order valence-corrected chi connectivity index (χ4v) is 9.22. The molecule has 1 amide bonds. The van der Waals surface area contributed by atoms with Crippen molar-refractivity contribution >= 4 is 5.91 Å². The lowest BCUT2D eigenvalue weighted by molar-refractivity contribution is -0.123. The van der Waals surface area contributed by atoms with E-state index in [1.807, 2.05) is 6.08 Å². The zero-order valence-electron chi connectivity index (χ0n) is 48.4. The van der Waals surface area contributed by atoms with Gasteiger partial charge < -0.3 is 15.5 Å². The zero-order valence-corrected chi connectivity index (χ0v) is 48.4. The lowest BCUT2D eigenvalue weighted by Gasteiger charge is -2.19. The standard InChI is InChI=1S/C69H121NO3/c1-3-5-7-9-11-13-15-17-19-21-23-25-27-29-31-33-34-35-36-37-39-41-43-45-47-49-51-53-55-57-59-61-63-65-69(73)70-67(66-71)68(72)64-62-60-58-56-54-52-50-48-46-44-42-40-38-32-30-28-26-24-22-20-18-16-14-12-10-8-6-4-2/h5,7,11,13,17,19,23,25,29,31,34-35,46,48,54,56,62,64,67-68,71-72H,3-4,6,8-10,12,14-16,18,20-22,24,26-28,30,32-33,36-45,47,49-53,55,57-61,63,65-66H2,1-2H3,(H,70,73)/b7-5-,13-11-,19-17-,25-23-,31-29-,35-34-,48-46+,56-54+,64-62+. The van der Waals surface area contributed by atoms with Gasteiger partial charge in [-0.05, 0) is 96.3 Å². The molecule has 0 aromatic heterocycles. The van der Waals surface area contributed by atoms with E-state index in [4.69, 9.17) is 0 Å². The van der Waals surface area contributed by atoms with E-state index < -0.39 is 12.1 Å². The molecule has 0 heterocycles. The van der Waals surface area contributed by atoms with Crippen LogP contribution in [-0.4, -0.2) is 34.9 Å². The summed E-state index contributed by atoms with van der Waals surface area (Å²) < 4.78 is 0. The van der Waals surface area contributed by atoms with Crippen LogP contribution in [-0.2, 0) is 4.79 Å². The Labute approximate surface area is 455 Å². The third-order valence-corrected chi connectivity index (χ3v) is 14.0. The van der Waals surface area contributed by atoms with E-state index in [1.54, 1.807) is 6.08 Å². The topological polar surface area (TPSA) is 69.6 Å². The Hall–Kier alpha value is -2.95. The third kappa shape index (κ3) is 59.8. The number of nitrogens with one attached hydrogen (secondary N) is 1. The summed E-state index contributed by atoms with van der Waals surface area (Å²) in [5.74, 6) is -0.0798. The molecule has 0 bridgehead atoms. The summed E-state index contributed by atoms with van der Waals surface area (Å²) in [6.07, 6.45) is 95.7. The van der Waals surface area contributed by atoms with Crippen LogP contribution in [0.5, 0.6) is 0 Å². The Morgan fingerprint density at radius 2 is 0.616 bits per heavy atom. The van der Waals surface area contributed by atoms with Crippen molar-refractivity contribution in [2.45, 2.75) is 315 Å². The number of aliphatic hydroxyl groups is 2. The largest absolute Gasteiger partial charge is 0.394 e. The number of unbranched alkanes of at least 4 members (excludes halogenated alkanes) is 34. The van der Waals surface area contributed by atoms with Crippen LogP contribution in [0.1, 0.15) is 303 Å². The van der Waals surface area contributed by atoms with Gasteiger partial charge in [0.15, 0.2) is 0 Å². The molecule has 0 fully saturated rings. The van der Waals surface area contributed by atoms with E-state index in [0.717, 1.165) is 77.0 Å². The third-order valence-electron chi connectivity index (χ3n) is 14.0. The number of rotatable bonds is 57. The normalized spacial score (nSPS) is 13.5. The Balaban J connectivity index is 3.57. The second-order valence-corrected chi connectivity index (χ2v) is 21.1. The van der Waals surface area contributed by atoms with Crippen LogP contribution in [0.3, 0.4) is 0 Å². The predicted molar refractivity (Wildman–Crippen MR) is 326 cm³/mol. The number of aliphatic hydroxyl groups excluding tert-OH is 2. The van der Waals surface area contributed by atoms with Gasteiger partial charge in [-0.3, -0.25) is 4.79 Å². The molecule has 0 saturated carbocycles. The molecule has 0 spiro atoms. The number of amides is 1.